The zero-order valence-corrected chi connectivity index (χ0v) is 18.1. The lowest BCUT2D eigenvalue weighted by atomic mass is 10.0. The molecule has 0 saturated heterocycles. The largest absolute Gasteiger partial charge is 0.497 e. The Morgan fingerprint density at radius 1 is 0.839 bits per heavy atom. The Morgan fingerprint density at radius 2 is 1.52 bits per heavy atom. The van der Waals surface area contributed by atoms with Gasteiger partial charge in [0.1, 0.15) is 22.9 Å². The molecule has 0 saturated carbocycles. The van der Waals surface area contributed by atoms with Crippen molar-refractivity contribution in [1.29, 1.82) is 0 Å². The number of imide groups is 1. The van der Waals surface area contributed by atoms with Gasteiger partial charge < -0.3 is 24.3 Å². The molecule has 0 radical (unpaired) electrons. The number of ether oxygens (including phenoxy) is 4. The fraction of sp³-hybridized carbons (Fsp3) is 0.304. The van der Waals surface area contributed by atoms with Gasteiger partial charge in [-0.1, -0.05) is 12.1 Å². The number of methoxy groups -OCH3 is 4. The SMILES string of the molecule is COCCCN1C(=O)C(Nc2ccc(OC)cc2OC)=C(c2ccc(OC)cc2)C1=O. The molecule has 0 atom stereocenters. The van der Waals surface area contributed by atoms with Crippen molar-refractivity contribution < 1.29 is 28.5 Å². The van der Waals surface area contributed by atoms with Gasteiger partial charge in [0.2, 0.25) is 0 Å². The molecule has 2 aromatic carbocycles. The van der Waals surface area contributed by atoms with Gasteiger partial charge in [-0.3, -0.25) is 14.5 Å². The van der Waals surface area contributed by atoms with Gasteiger partial charge in [-0.2, -0.15) is 0 Å². The number of amides is 2. The Kier molecular flexibility index (Phi) is 7.15. The number of carbonyl (C=O) groups excluding carboxylic acids is 2. The normalized spacial score (nSPS) is 13.6. The van der Waals surface area contributed by atoms with E-state index < -0.39 is 5.91 Å². The van der Waals surface area contributed by atoms with Gasteiger partial charge in [0, 0.05) is 26.3 Å². The molecule has 0 aromatic heterocycles. The minimum absolute atomic E-state index is 0.191. The van der Waals surface area contributed by atoms with Crippen LogP contribution in [-0.4, -0.2) is 58.3 Å². The van der Waals surface area contributed by atoms with Gasteiger partial charge in [-0.05, 0) is 36.2 Å². The highest BCUT2D eigenvalue weighted by Gasteiger charge is 2.39. The Bertz CT molecular complexity index is 984. The van der Waals surface area contributed by atoms with E-state index in [4.69, 9.17) is 18.9 Å². The molecule has 2 aromatic rings. The molecule has 8 heteroatoms. The van der Waals surface area contributed by atoms with Crippen LogP contribution in [0, 0.1) is 0 Å². The standard InChI is InChI=1S/C23H26N2O6/c1-28-13-5-12-25-22(26)20(15-6-8-16(29-2)9-7-15)21(23(25)27)24-18-11-10-17(30-3)14-19(18)31-4/h6-11,14,24H,5,12-13H2,1-4H3. The lowest BCUT2D eigenvalue weighted by Gasteiger charge is -2.16. The van der Waals surface area contributed by atoms with Crippen LogP contribution < -0.4 is 19.5 Å². The summed E-state index contributed by atoms with van der Waals surface area (Å²) < 4.78 is 20.9. The van der Waals surface area contributed by atoms with E-state index in [-0.39, 0.29) is 18.1 Å². The monoisotopic (exact) mass is 426 g/mol. The first-order valence-corrected chi connectivity index (χ1v) is 9.77. The number of hydrogen-bond donors (Lipinski definition) is 1. The quantitative estimate of drug-likeness (QED) is 0.462. The number of benzene rings is 2. The Labute approximate surface area is 181 Å². The molecule has 1 aliphatic heterocycles. The zero-order valence-electron chi connectivity index (χ0n) is 18.1. The predicted molar refractivity (Wildman–Crippen MR) is 116 cm³/mol. The van der Waals surface area contributed by atoms with Crippen molar-refractivity contribution >= 4 is 23.1 Å². The minimum Gasteiger partial charge on any atom is -0.497 e. The van der Waals surface area contributed by atoms with Gasteiger partial charge in [0.05, 0.1) is 32.6 Å². The first kappa shape index (κ1) is 22.2. The van der Waals surface area contributed by atoms with Gasteiger partial charge >= 0.3 is 0 Å². The molecular weight excluding hydrogens is 400 g/mol. The molecule has 3 rings (SSSR count). The molecular formula is C23H26N2O6. The van der Waals surface area contributed by atoms with Crippen molar-refractivity contribution in [1.82, 2.24) is 4.90 Å². The second kappa shape index (κ2) is 9.99. The van der Waals surface area contributed by atoms with Gasteiger partial charge in [0.25, 0.3) is 11.8 Å². The lowest BCUT2D eigenvalue weighted by Crippen LogP contribution is -2.33. The first-order chi connectivity index (χ1) is 15.0. The van der Waals surface area contributed by atoms with Crippen LogP contribution in [0.3, 0.4) is 0 Å². The summed E-state index contributed by atoms with van der Waals surface area (Å²) in [4.78, 5) is 27.6. The summed E-state index contributed by atoms with van der Waals surface area (Å²) >= 11 is 0. The average molecular weight is 426 g/mol. The number of nitrogens with zero attached hydrogens (tertiary/aromatic N) is 1. The van der Waals surface area contributed by atoms with Crippen molar-refractivity contribution in [2.75, 3.05) is 46.9 Å². The second-order valence-electron chi connectivity index (χ2n) is 6.78. The summed E-state index contributed by atoms with van der Waals surface area (Å²) in [5.41, 5.74) is 1.64. The highest BCUT2D eigenvalue weighted by atomic mass is 16.5. The molecule has 0 aliphatic carbocycles. The Morgan fingerprint density at radius 3 is 2.13 bits per heavy atom. The van der Waals surface area contributed by atoms with Gasteiger partial charge in [-0.25, -0.2) is 0 Å². The number of nitrogens with one attached hydrogen (secondary N) is 1. The van der Waals surface area contributed by atoms with Crippen LogP contribution in [0.15, 0.2) is 48.2 Å². The van der Waals surface area contributed by atoms with E-state index in [1.54, 1.807) is 63.8 Å². The van der Waals surface area contributed by atoms with Gasteiger partial charge in [0.15, 0.2) is 0 Å². The molecule has 1 N–H and O–H groups in total. The summed E-state index contributed by atoms with van der Waals surface area (Å²) in [7, 11) is 6.23. The molecule has 31 heavy (non-hydrogen) atoms. The van der Waals surface area contributed by atoms with E-state index in [1.807, 2.05) is 0 Å². The summed E-state index contributed by atoms with van der Waals surface area (Å²) in [6.07, 6.45) is 0.545. The van der Waals surface area contributed by atoms with Crippen LogP contribution in [-0.2, 0) is 14.3 Å². The number of rotatable bonds is 10. The third-order valence-electron chi connectivity index (χ3n) is 4.95. The number of hydrogen-bond acceptors (Lipinski definition) is 7. The van der Waals surface area contributed by atoms with Crippen molar-refractivity contribution in [2.24, 2.45) is 0 Å². The predicted octanol–water partition coefficient (Wildman–Crippen LogP) is 2.94. The Hall–Kier alpha value is -3.52. The fourth-order valence-corrected chi connectivity index (χ4v) is 3.32. The topological polar surface area (TPSA) is 86.3 Å². The van der Waals surface area contributed by atoms with E-state index >= 15 is 0 Å². The third kappa shape index (κ3) is 4.64. The molecule has 0 spiro atoms. The maximum Gasteiger partial charge on any atom is 0.278 e. The Balaban J connectivity index is 2.02. The van der Waals surface area contributed by atoms with Crippen LogP contribution in [0.25, 0.3) is 5.57 Å². The third-order valence-corrected chi connectivity index (χ3v) is 4.95. The van der Waals surface area contributed by atoms with Crippen molar-refractivity contribution in [3.63, 3.8) is 0 Å². The van der Waals surface area contributed by atoms with Crippen LogP contribution in [0.2, 0.25) is 0 Å². The molecule has 1 aliphatic rings. The number of carbonyl (C=O) groups is 2. The number of anilines is 1. The molecule has 2 amide bonds. The van der Waals surface area contributed by atoms with Gasteiger partial charge in [-0.15, -0.1) is 0 Å². The first-order valence-electron chi connectivity index (χ1n) is 9.77. The van der Waals surface area contributed by atoms with Crippen LogP contribution in [0.5, 0.6) is 17.2 Å². The maximum atomic E-state index is 13.2. The highest BCUT2D eigenvalue weighted by molar-refractivity contribution is 6.36. The summed E-state index contributed by atoms with van der Waals surface area (Å²) in [5, 5.41) is 3.11. The van der Waals surface area contributed by atoms with Crippen LogP contribution in [0.1, 0.15) is 12.0 Å². The average Bonchev–Trinajstić information content (AvgIpc) is 3.03. The van der Waals surface area contributed by atoms with Crippen molar-refractivity contribution in [2.45, 2.75) is 6.42 Å². The van der Waals surface area contributed by atoms with Crippen LogP contribution in [0.4, 0.5) is 5.69 Å². The summed E-state index contributed by atoms with van der Waals surface area (Å²) in [6.45, 7) is 0.708. The van der Waals surface area contributed by atoms with E-state index in [1.165, 1.54) is 12.0 Å². The molecule has 0 unspecified atom stereocenters. The van der Waals surface area contributed by atoms with Crippen molar-refractivity contribution in [3.05, 3.63) is 53.7 Å². The summed E-state index contributed by atoms with van der Waals surface area (Å²) in [5.74, 6) is 0.997. The van der Waals surface area contributed by atoms with E-state index in [0.717, 1.165) is 0 Å². The van der Waals surface area contributed by atoms with Crippen molar-refractivity contribution in [3.8, 4) is 17.2 Å². The minimum atomic E-state index is -0.398. The molecule has 164 valence electrons. The smallest absolute Gasteiger partial charge is 0.278 e. The molecule has 0 bridgehead atoms. The maximum absolute atomic E-state index is 13.2. The van der Waals surface area contributed by atoms with E-state index in [2.05, 4.69) is 5.32 Å². The lowest BCUT2D eigenvalue weighted by molar-refractivity contribution is -0.136. The molecule has 1 heterocycles. The zero-order chi connectivity index (χ0) is 22.4. The second-order valence-corrected chi connectivity index (χ2v) is 6.78. The highest BCUT2D eigenvalue weighted by Crippen LogP contribution is 2.35. The summed E-state index contributed by atoms with van der Waals surface area (Å²) in [6, 6.07) is 12.2. The van der Waals surface area contributed by atoms with E-state index in [9.17, 15) is 9.59 Å². The fourth-order valence-electron chi connectivity index (χ4n) is 3.32. The molecule has 0 fully saturated rings. The molecule has 8 nitrogen and oxygen atoms in total. The van der Waals surface area contributed by atoms with Crippen LogP contribution >= 0.6 is 0 Å². The van der Waals surface area contributed by atoms with E-state index in [0.29, 0.717) is 47.1 Å².